The Hall–Kier alpha value is -1.38. The van der Waals surface area contributed by atoms with Gasteiger partial charge in [0.2, 0.25) is 0 Å². The highest BCUT2D eigenvalue weighted by molar-refractivity contribution is 5.86. The van der Waals surface area contributed by atoms with Gasteiger partial charge in [0.25, 0.3) is 0 Å². The van der Waals surface area contributed by atoms with Gasteiger partial charge in [-0.3, -0.25) is 9.59 Å². The summed E-state index contributed by atoms with van der Waals surface area (Å²) in [6.07, 6.45) is 5.31. The van der Waals surface area contributed by atoms with Crippen LogP contribution in [0.3, 0.4) is 0 Å². The topological polar surface area (TPSA) is 43.4 Å². The fraction of sp³-hybridized carbons (Fsp3) is 0.625. The molecule has 0 aliphatic heterocycles. The monoisotopic (exact) mass is 260 g/mol. The number of carbonyl (C=O) groups excluding carboxylic acids is 2. The Morgan fingerprint density at radius 2 is 2.11 bits per heavy atom. The molecule has 4 bridgehead atoms. The summed E-state index contributed by atoms with van der Waals surface area (Å²) >= 11 is 0. The highest BCUT2D eigenvalue weighted by atomic mass is 16.5. The average Bonchev–Trinajstić information content (AvgIpc) is 2.75. The average molecular weight is 260 g/mol. The van der Waals surface area contributed by atoms with Crippen molar-refractivity contribution in [1.82, 2.24) is 0 Å². The fourth-order valence-corrected chi connectivity index (χ4v) is 5.11. The second-order valence-electron chi connectivity index (χ2n) is 6.61. The molecule has 3 aliphatic carbocycles. The number of hydrogen-bond donors (Lipinski definition) is 0. The van der Waals surface area contributed by atoms with E-state index in [1.54, 1.807) is 0 Å². The molecule has 5 atom stereocenters. The van der Waals surface area contributed by atoms with Crippen LogP contribution in [0.25, 0.3) is 0 Å². The lowest BCUT2D eigenvalue weighted by Gasteiger charge is -2.43. The Kier molecular flexibility index (Phi) is 2.39. The van der Waals surface area contributed by atoms with E-state index >= 15 is 0 Å². The van der Waals surface area contributed by atoms with Gasteiger partial charge in [-0.25, -0.2) is 0 Å². The first-order valence-electron chi connectivity index (χ1n) is 6.82. The normalized spacial score (nSPS) is 46.5. The predicted molar refractivity (Wildman–Crippen MR) is 71.2 cm³/mol. The molecule has 0 unspecified atom stereocenters. The van der Waals surface area contributed by atoms with Crippen LogP contribution >= 0.6 is 0 Å². The van der Waals surface area contributed by atoms with Crippen molar-refractivity contribution < 1.29 is 14.3 Å². The van der Waals surface area contributed by atoms with Crippen LogP contribution in [0.4, 0.5) is 0 Å². The summed E-state index contributed by atoms with van der Waals surface area (Å²) in [5, 5.41) is 0. The van der Waals surface area contributed by atoms with E-state index in [0.717, 1.165) is 5.57 Å². The number of allylic oxidation sites excluding steroid dienone is 3. The number of rotatable bonds is 2. The molecule has 0 N–H and O–H groups in total. The minimum Gasteiger partial charge on any atom is -0.469 e. The molecule has 2 fully saturated rings. The summed E-state index contributed by atoms with van der Waals surface area (Å²) in [4.78, 5) is 24.4. The van der Waals surface area contributed by atoms with E-state index in [2.05, 4.69) is 25.7 Å². The molecule has 0 aromatic carbocycles. The van der Waals surface area contributed by atoms with Gasteiger partial charge < -0.3 is 4.74 Å². The van der Waals surface area contributed by atoms with Crippen molar-refractivity contribution in [2.75, 3.05) is 7.11 Å². The highest BCUT2D eigenvalue weighted by Gasteiger charge is 2.71. The minimum atomic E-state index is -0.305. The number of Topliss-reactive ketones (excluding diaryl/α,β-unsaturated/α-hetero) is 1. The fourth-order valence-electron chi connectivity index (χ4n) is 5.11. The molecule has 0 saturated heterocycles. The molecule has 0 aromatic heterocycles. The van der Waals surface area contributed by atoms with Crippen LogP contribution in [-0.4, -0.2) is 18.9 Å². The van der Waals surface area contributed by atoms with Crippen molar-refractivity contribution >= 4 is 11.8 Å². The molecule has 0 amide bonds. The highest BCUT2D eigenvalue weighted by Crippen LogP contribution is 2.72. The van der Waals surface area contributed by atoms with Gasteiger partial charge >= 0.3 is 5.97 Å². The van der Waals surface area contributed by atoms with Crippen LogP contribution in [0, 0.1) is 28.6 Å². The lowest BCUT2D eigenvalue weighted by Crippen LogP contribution is -2.43. The van der Waals surface area contributed by atoms with Crippen LogP contribution in [0.15, 0.2) is 24.3 Å². The first-order valence-corrected chi connectivity index (χ1v) is 6.82. The van der Waals surface area contributed by atoms with Gasteiger partial charge in [-0.15, -0.1) is 0 Å². The van der Waals surface area contributed by atoms with Gasteiger partial charge in [0, 0.05) is 24.2 Å². The quantitative estimate of drug-likeness (QED) is 0.566. The van der Waals surface area contributed by atoms with E-state index in [-0.39, 0.29) is 40.3 Å². The van der Waals surface area contributed by atoms with E-state index in [0.29, 0.717) is 12.8 Å². The third-order valence-corrected chi connectivity index (χ3v) is 5.76. The molecule has 0 radical (unpaired) electrons. The van der Waals surface area contributed by atoms with E-state index < -0.39 is 0 Å². The van der Waals surface area contributed by atoms with Crippen LogP contribution in [0.5, 0.6) is 0 Å². The van der Waals surface area contributed by atoms with E-state index in [4.69, 9.17) is 4.74 Å². The zero-order valence-corrected chi connectivity index (χ0v) is 11.7. The smallest absolute Gasteiger partial charge is 0.309 e. The summed E-state index contributed by atoms with van der Waals surface area (Å²) in [5.74, 6) is 0.167. The summed E-state index contributed by atoms with van der Waals surface area (Å²) in [7, 11) is 1.43. The Morgan fingerprint density at radius 1 is 1.42 bits per heavy atom. The molecular weight excluding hydrogens is 240 g/mol. The molecule has 0 heterocycles. The van der Waals surface area contributed by atoms with Crippen molar-refractivity contribution in [2.45, 2.75) is 26.7 Å². The number of methoxy groups -OCH3 is 1. The summed E-state index contributed by atoms with van der Waals surface area (Å²) in [6.45, 7) is 8.19. The van der Waals surface area contributed by atoms with E-state index in [9.17, 15) is 9.59 Å². The summed E-state index contributed by atoms with van der Waals surface area (Å²) < 4.78 is 5.01. The second-order valence-corrected chi connectivity index (χ2v) is 6.61. The zero-order chi connectivity index (χ0) is 14.0. The number of esters is 1. The summed E-state index contributed by atoms with van der Waals surface area (Å²) in [5.41, 5.74) is 0.474. The molecular formula is C16H20O3. The third kappa shape index (κ3) is 1.24. The van der Waals surface area contributed by atoms with Gasteiger partial charge in [0.15, 0.2) is 0 Å². The molecule has 0 aromatic rings. The lowest BCUT2D eigenvalue weighted by atomic mass is 9.59. The van der Waals surface area contributed by atoms with Crippen LogP contribution in [0.1, 0.15) is 26.7 Å². The summed E-state index contributed by atoms with van der Waals surface area (Å²) in [6, 6.07) is 0. The Balaban J connectivity index is 2.19. The Bertz CT molecular complexity index is 518. The van der Waals surface area contributed by atoms with Crippen LogP contribution in [0.2, 0.25) is 0 Å². The SMILES string of the molecule is C=C(C)[C@@]12CC(=O)C[C@]3(C)[C@@H](C(=O)OC)[C@H]1C=C[C@@H]32. The molecule has 0 spiro atoms. The van der Waals surface area contributed by atoms with Crippen molar-refractivity contribution in [3.8, 4) is 0 Å². The predicted octanol–water partition coefficient (Wildman–Crippen LogP) is 2.52. The standard InChI is InChI=1S/C16H20O3/c1-9(2)16-8-10(17)7-15(3)12(16)6-5-11(16)13(15)14(18)19-4/h5-6,11-13H,1,7-8H2,2-4H3/t11-,12+,13-,15+,16+/m1/s1. The lowest BCUT2D eigenvalue weighted by molar-refractivity contribution is -0.151. The maximum absolute atomic E-state index is 12.2. The van der Waals surface area contributed by atoms with Gasteiger partial charge in [0.05, 0.1) is 13.0 Å². The second kappa shape index (κ2) is 3.59. The van der Waals surface area contributed by atoms with Gasteiger partial charge in [-0.1, -0.05) is 31.2 Å². The first kappa shape index (κ1) is 12.6. The van der Waals surface area contributed by atoms with Crippen molar-refractivity contribution in [3.05, 3.63) is 24.3 Å². The third-order valence-electron chi connectivity index (χ3n) is 5.76. The maximum atomic E-state index is 12.2. The number of ketones is 1. The molecule has 19 heavy (non-hydrogen) atoms. The molecule has 3 rings (SSSR count). The van der Waals surface area contributed by atoms with Crippen molar-refractivity contribution in [2.24, 2.45) is 28.6 Å². The Labute approximate surface area is 113 Å². The molecule has 3 nitrogen and oxygen atoms in total. The van der Waals surface area contributed by atoms with Crippen LogP contribution < -0.4 is 0 Å². The first-order chi connectivity index (χ1) is 8.87. The number of hydrogen-bond acceptors (Lipinski definition) is 3. The van der Waals surface area contributed by atoms with Crippen molar-refractivity contribution in [3.63, 3.8) is 0 Å². The van der Waals surface area contributed by atoms with Gasteiger partial charge in [0.1, 0.15) is 5.78 Å². The van der Waals surface area contributed by atoms with E-state index in [1.165, 1.54) is 7.11 Å². The van der Waals surface area contributed by atoms with Gasteiger partial charge in [-0.2, -0.15) is 0 Å². The molecule has 2 saturated carbocycles. The Morgan fingerprint density at radius 3 is 2.68 bits per heavy atom. The maximum Gasteiger partial charge on any atom is 0.309 e. The van der Waals surface area contributed by atoms with Gasteiger partial charge in [-0.05, 0) is 18.3 Å². The van der Waals surface area contributed by atoms with E-state index in [1.807, 2.05) is 6.92 Å². The largest absolute Gasteiger partial charge is 0.469 e. The number of carbonyl (C=O) groups is 2. The number of ether oxygens (including phenoxy) is 1. The molecule has 3 aliphatic rings. The van der Waals surface area contributed by atoms with Crippen LogP contribution in [-0.2, 0) is 14.3 Å². The minimum absolute atomic E-state index is 0.0684. The molecule has 102 valence electrons. The zero-order valence-electron chi connectivity index (χ0n) is 11.7. The molecule has 3 heteroatoms. The van der Waals surface area contributed by atoms with Crippen molar-refractivity contribution in [1.29, 1.82) is 0 Å².